The van der Waals surface area contributed by atoms with Crippen LogP contribution < -0.4 is 4.74 Å². The Bertz CT molecular complexity index is 703. The molecule has 110 valence electrons. The summed E-state index contributed by atoms with van der Waals surface area (Å²) in [5, 5.41) is 18.5. The van der Waals surface area contributed by atoms with Crippen molar-refractivity contribution in [3.63, 3.8) is 0 Å². The van der Waals surface area contributed by atoms with E-state index >= 15 is 0 Å². The molecule has 4 nitrogen and oxygen atoms in total. The van der Waals surface area contributed by atoms with Gasteiger partial charge in [0.1, 0.15) is 5.75 Å². The molecule has 0 fully saturated rings. The summed E-state index contributed by atoms with van der Waals surface area (Å²) in [5.74, 6) is -4.30. The molecule has 0 atom stereocenters. The number of aromatic carboxylic acids is 1. The number of aryl methyl sites for hydroxylation is 1. The number of benzene rings is 2. The highest BCUT2D eigenvalue weighted by atomic mass is 19.2. The summed E-state index contributed by atoms with van der Waals surface area (Å²) in [6, 6.07) is 4.66. The number of hydrogen-bond donors (Lipinski definition) is 2. The molecule has 0 saturated heterocycles. The summed E-state index contributed by atoms with van der Waals surface area (Å²) in [4.78, 5) is 11.2. The average Bonchev–Trinajstić information content (AvgIpc) is 2.43. The molecular weight excluding hydrogens is 282 g/mol. The van der Waals surface area contributed by atoms with Gasteiger partial charge in [0.05, 0.1) is 12.7 Å². The Kier molecular flexibility index (Phi) is 3.80. The molecule has 0 unspecified atom stereocenters. The lowest BCUT2D eigenvalue weighted by Crippen LogP contribution is -2.02. The number of ether oxygens (including phenoxy) is 1. The highest BCUT2D eigenvalue weighted by Crippen LogP contribution is 2.35. The lowest BCUT2D eigenvalue weighted by molar-refractivity contribution is 0.0696. The largest absolute Gasteiger partial charge is 0.505 e. The molecule has 0 amide bonds. The van der Waals surface area contributed by atoms with Gasteiger partial charge < -0.3 is 14.9 Å². The first kappa shape index (κ1) is 14.8. The van der Waals surface area contributed by atoms with E-state index in [1.807, 2.05) is 0 Å². The number of carboxylic acids is 1. The van der Waals surface area contributed by atoms with Gasteiger partial charge in [0, 0.05) is 5.56 Å². The third-order valence-corrected chi connectivity index (χ3v) is 3.10. The Labute approximate surface area is 119 Å². The fourth-order valence-electron chi connectivity index (χ4n) is 2.04. The Morgan fingerprint density at radius 3 is 2.38 bits per heavy atom. The average molecular weight is 294 g/mol. The van der Waals surface area contributed by atoms with Crippen molar-refractivity contribution in [2.75, 3.05) is 7.11 Å². The Morgan fingerprint density at radius 1 is 1.19 bits per heavy atom. The first-order chi connectivity index (χ1) is 9.85. The number of hydrogen-bond acceptors (Lipinski definition) is 3. The van der Waals surface area contributed by atoms with Gasteiger partial charge in [-0.3, -0.25) is 0 Å². The quantitative estimate of drug-likeness (QED) is 0.911. The lowest BCUT2D eigenvalue weighted by atomic mass is 9.98. The first-order valence-electron chi connectivity index (χ1n) is 5.95. The van der Waals surface area contributed by atoms with E-state index in [1.165, 1.54) is 19.2 Å². The SMILES string of the molecule is COc1cc(C)c(C(=O)O)cc1-c1cc(O)c(F)c(F)c1. The van der Waals surface area contributed by atoms with Crippen LogP contribution in [0, 0.1) is 18.6 Å². The topological polar surface area (TPSA) is 66.8 Å². The molecule has 2 aromatic rings. The first-order valence-corrected chi connectivity index (χ1v) is 5.95. The van der Waals surface area contributed by atoms with Crippen molar-refractivity contribution < 1.29 is 28.5 Å². The predicted molar refractivity (Wildman–Crippen MR) is 71.7 cm³/mol. The molecule has 0 spiro atoms. The molecule has 0 aliphatic rings. The normalized spacial score (nSPS) is 10.5. The number of carboxylic acid groups (broad SMARTS) is 1. The molecule has 0 aromatic heterocycles. The minimum absolute atomic E-state index is 0.00928. The zero-order valence-electron chi connectivity index (χ0n) is 11.3. The van der Waals surface area contributed by atoms with E-state index in [2.05, 4.69) is 0 Å². The van der Waals surface area contributed by atoms with Gasteiger partial charge in [-0.25, -0.2) is 9.18 Å². The second-order valence-corrected chi connectivity index (χ2v) is 4.46. The second-order valence-electron chi connectivity index (χ2n) is 4.46. The fourth-order valence-corrected chi connectivity index (χ4v) is 2.04. The fraction of sp³-hybridized carbons (Fsp3) is 0.133. The standard InChI is InChI=1S/C15H12F2O4/c1-7-3-13(21-2)10(6-9(7)15(19)20)8-4-11(16)14(17)12(18)5-8/h3-6,18H,1-2H3,(H,19,20). The van der Waals surface area contributed by atoms with Crippen LogP contribution in [0.25, 0.3) is 11.1 Å². The van der Waals surface area contributed by atoms with Gasteiger partial charge >= 0.3 is 5.97 Å². The van der Waals surface area contributed by atoms with E-state index in [9.17, 15) is 18.7 Å². The van der Waals surface area contributed by atoms with Crippen LogP contribution in [0.5, 0.6) is 11.5 Å². The van der Waals surface area contributed by atoms with Crippen LogP contribution in [0.15, 0.2) is 24.3 Å². The maximum absolute atomic E-state index is 13.4. The minimum Gasteiger partial charge on any atom is -0.505 e. The van der Waals surface area contributed by atoms with Crippen molar-refractivity contribution in [1.29, 1.82) is 0 Å². The van der Waals surface area contributed by atoms with Crippen LogP contribution in [-0.4, -0.2) is 23.3 Å². The van der Waals surface area contributed by atoms with E-state index in [0.29, 0.717) is 11.3 Å². The summed E-state index contributed by atoms with van der Waals surface area (Å²) >= 11 is 0. The Hall–Kier alpha value is -2.63. The Balaban J connectivity index is 2.73. The van der Waals surface area contributed by atoms with Crippen LogP contribution in [0.3, 0.4) is 0 Å². The van der Waals surface area contributed by atoms with Crippen LogP contribution in [0.2, 0.25) is 0 Å². The van der Waals surface area contributed by atoms with Crippen molar-refractivity contribution in [3.8, 4) is 22.6 Å². The van der Waals surface area contributed by atoms with Gasteiger partial charge in [0.2, 0.25) is 0 Å². The number of phenols is 1. The van der Waals surface area contributed by atoms with Crippen molar-refractivity contribution in [2.24, 2.45) is 0 Å². The maximum atomic E-state index is 13.4. The lowest BCUT2D eigenvalue weighted by Gasteiger charge is -2.13. The molecular formula is C15H12F2O4. The molecule has 2 aromatic carbocycles. The Morgan fingerprint density at radius 2 is 1.86 bits per heavy atom. The number of halogens is 2. The third-order valence-electron chi connectivity index (χ3n) is 3.10. The molecule has 0 aliphatic carbocycles. The van der Waals surface area contributed by atoms with Crippen LogP contribution in [0.4, 0.5) is 8.78 Å². The number of phenolic OH excluding ortho intramolecular Hbond substituents is 1. The van der Waals surface area contributed by atoms with E-state index < -0.39 is 23.4 Å². The van der Waals surface area contributed by atoms with Gasteiger partial charge in [-0.1, -0.05) is 0 Å². The van der Waals surface area contributed by atoms with Gasteiger partial charge in [-0.05, 0) is 42.3 Å². The summed E-state index contributed by atoms with van der Waals surface area (Å²) < 4.78 is 31.7. The summed E-state index contributed by atoms with van der Waals surface area (Å²) in [5.41, 5.74) is 0.838. The third kappa shape index (κ3) is 2.65. The maximum Gasteiger partial charge on any atom is 0.335 e. The van der Waals surface area contributed by atoms with E-state index in [4.69, 9.17) is 9.84 Å². The number of aromatic hydroxyl groups is 1. The van der Waals surface area contributed by atoms with Crippen molar-refractivity contribution in [2.45, 2.75) is 6.92 Å². The van der Waals surface area contributed by atoms with Crippen molar-refractivity contribution in [3.05, 3.63) is 47.0 Å². The molecule has 2 rings (SSSR count). The molecule has 0 saturated carbocycles. The van der Waals surface area contributed by atoms with E-state index in [1.54, 1.807) is 6.92 Å². The smallest absolute Gasteiger partial charge is 0.335 e. The van der Waals surface area contributed by atoms with Gasteiger partial charge in [-0.2, -0.15) is 4.39 Å². The number of methoxy groups -OCH3 is 1. The van der Waals surface area contributed by atoms with Gasteiger partial charge in [0.25, 0.3) is 0 Å². The monoisotopic (exact) mass is 294 g/mol. The zero-order valence-corrected chi connectivity index (χ0v) is 11.3. The van der Waals surface area contributed by atoms with E-state index in [0.717, 1.165) is 12.1 Å². The van der Waals surface area contributed by atoms with Crippen LogP contribution in [0.1, 0.15) is 15.9 Å². The molecule has 6 heteroatoms. The van der Waals surface area contributed by atoms with E-state index in [-0.39, 0.29) is 16.7 Å². The zero-order chi connectivity index (χ0) is 15.7. The van der Waals surface area contributed by atoms with Crippen molar-refractivity contribution in [1.82, 2.24) is 0 Å². The van der Waals surface area contributed by atoms with Crippen LogP contribution >= 0.6 is 0 Å². The summed E-state index contributed by atoms with van der Waals surface area (Å²) in [6.45, 7) is 1.60. The molecule has 0 heterocycles. The molecule has 0 aliphatic heterocycles. The van der Waals surface area contributed by atoms with Crippen LogP contribution in [-0.2, 0) is 0 Å². The second kappa shape index (κ2) is 5.40. The molecule has 0 radical (unpaired) electrons. The number of carbonyl (C=O) groups is 1. The highest BCUT2D eigenvalue weighted by molar-refractivity contribution is 5.92. The van der Waals surface area contributed by atoms with Gasteiger partial charge in [-0.15, -0.1) is 0 Å². The van der Waals surface area contributed by atoms with Crippen molar-refractivity contribution >= 4 is 5.97 Å². The molecule has 21 heavy (non-hydrogen) atoms. The number of rotatable bonds is 3. The molecule has 2 N–H and O–H groups in total. The summed E-state index contributed by atoms with van der Waals surface area (Å²) in [6.07, 6.45) is 0. The molecule has 0 bridgehead atoms. The minimum atomic E-state index is -1.36. The van der Waals surface area contributed by atoms with Gasteiger partial charge in [0.15, 0.2) is 17.4 Å². The highest BCUT2D eigenvalue weighted by Gasteiger charge is 2.17. The predicted octanol–water partition coefficient (Wildman–Crippen LogP) is 3.35. The summed E-state index contributed by atoms with van der Waals surface area (Å²) in [7, 11) is 1.37.